The zero-order chi connectivity index (χ0) is 25.1. The zero-order valence-electron chi connectivity index (χ0n) is 20.5. The molecule has 176 valence electrons. The van der Waals surface area contributed by atoms with E-state index >= 15 is 0 Å². The summed E-state index contributed by atoms with van der Waals surface area (Å²) in [6.07, 6.45) is 4.80. The summed E-state index contributed by atoms with van der Waals surface area (Å²) in [7, 11) is 1.65. The Balaban J connectivity index is 5.36. The van der Waals surface area contributed by atoms with Gasteiger partial charge in [0.25, 0.3) is 0 Å². The fraction of sp³-hybridized carbons (Fsp3) is 0.462. The third-order valence-electron chi connectivity index (χ3n) is 4.63. The summed E-state index contributed by atoms with van der Waals surface area (Å²) in [5, 5.41) is 8.76. The van der Waals surface area contributed by atoms with Gasteiger partial charge in [-0.2, -0.15) is 18.4 Å². The Morgan fingerprint density at radius 1 is 1.12 bits per heavy atom. The molecule has 0 aliphatic carbocycles. The molecular formula is C26H36F3N3. The average Bonchev–Trinajstić information content (AvgIpc) is 2.67. The lowest BCUT2D eigenvalue weighted by atomic mass is 9.98. The summed E-state index contributed by atoms with van der Waals surface area (Å²) < 4.78 is 39.3. The molecule has 0 aromatic carbocycles. The molecule has 0 fully saturated rings. The predicted octanol–water partition coefficient (Wildman–Crippen LogP) is 7.90. The summed E-state index contributed by atoms with van der Waals surface area (Å²) >= 11 is 0. The molecule has 0 spiro atoms. The van der Waals surface area contributed by atoms with Crippen molar-refractivity contribution in [2.75, 3.05) is 7.05 Å². The van der Waals surface area contributed by atoms with Crippen molar-refractivity contribution in [3.63, 3.8) is 0 Å². The van der Waals surface area contributed by atoms with Crippen LogP contribution in [0.2, 0.25) is 0 Å². The van der Waals surface area contributed by atoms with Crippen LogP contribution >= 0.6 is 0 Å². The third kappa shape index (κ3) is 11.5. The summed E-state index contributed by atoms with van der Waals surface area (Å²) in [5.74, 6) is -0.543. The Bertz CT molecular complexity index is 869. The van der Waals surface area contributed by atoms with Crippen molar-refractivity contribution in [2.24, 2.45) is 16.8 Å². The maximum atomic E-state index is 13.1. The molecule has 1 unspecified atom stereocenters. The smallest absolute Gasteiger partial charge is 0.357 e. The van der Waals surface area contributed by atoms with Crippen LogP contribution in [0.5, 0.6) is 0 Å². The largest absolute Gasteiger partial charge is 0.416 e. The Labute approximate surface area is 191 Å². The first kappa shape index (κ1) is 29.2. The van der Waals surface area contributed by atoms with Gasteiger partial charge in [0.05, 0.1) is 17.6 Å². The summed E-state index contributed by atoms with van der Waals surface area (Å²) in [6.45, 7) is 17.6. The normalized spacial score (nSPS) is 14.8. The van der Waals surface area contributed by atoms with Gasteiger partial charge in [-0.05, 0) is 64.7 Å². The molecule has 0 saturated heterocycles. The number of nitrogens with zero attached hydrogens (tertiary/aromatic N) is 3. The van der Waals surface area contributed by atoms with Crippen LogP contribution in [0, 0.1) is 23.2 Å². The van der Waals surface area contributed by atoms with Gasteiger partial charge in [-0.25, -0.2) is 0 Å². The second-order valence-corrected chi connectivity index (χ2v) is 8.37. The van der Waals surface area contributed by atoms with Gasteiger partial charge in [-0.15, -0.1) is 0 Å². The Kier molecular flexibility index (Phi) is 12.4. The van der Waals surface area contributed by atoms with Gasteiger partial charge >= 0.3 is 6.18 Å². The van der Waals surface area contributed by atoms with E-state index in [0.717, 1.165) is 41.1 Å². The van der Waals surface area contributed by atoms with Gasteiger partial charge < -0.3 is 4.90 Å². The number of nitriles is 1. The average molecular weight is 448 g/mol. The van der Waals surface area contributed by atoms with E-state index in [0.29, 0.717) is 0 Å². The molecule has 0 radical (unpaired) electrons. The summed E-state index contributed by atoms with van der Waals surface area (Å²) in [4.78, 5) is 6.16. The first-order valence-electron chi connectivity index (χ1n) is 10.5. The highest BCUT2D eigenvalue weighted by Gasteiger charge is 2.32. The van der Waals surface area contributed by atoms with E-state index in [1.54, 1.807) is 25.4 Å². The van der Waals surface area contributed by atoms with E-state index in [9.17, 15) is 13.2 Å². The third-order valence-corrected chi connectivity index (χ3v) is 4.63. The summed E-state index contributed by atoms with van der Waals surface area (Å²) in [6, 6.07) is 1.79. The van der Waals surface area contributed by atoms with E-state index in [1.807, 2.05) is 33.8 Å². The van der Waals surface area contributed by atoms with Gasteiger partial charge in [0.2, 0.25) is 0 Å². The first-order chi connectivity index (χ1) is 14.7. The van der Waals surface area contributed by atoms with Crippen molar-refractivity contribution < 1.29 is 13.2 Å². The standard InChI is InChI=1S/C26H36F3N3/c1-18(2)22(7)31-23(8)25(19(3)4)16-20(5)11-10-13-32(9)14-12-24(26(27,28)29)15-21(6)17-30/h10-15,18,21H,7,16H2,1-6,8-9H3/b13-10+,14-12-,20-11+,24-15+,31-23?. The molecule has 3 nitrogen and oxygen atoms in total. The molecule has 6 heteroatoms. The van der Waals surface area contributed by atoms with E-state index in [2.05, 4.69) is 25.4 Å². The lowest BCUT2D eigenvalue weighted by molar-refractivity contribution is -0.0886. The lowest BCUT2D eigenvalue weighted by Gasteiger charge is -2.13. The number of aliphatic imine (C=N–C) groups is 1. The maximum Gasteiger partial charge on any atom is 0.416 e. The van der Waals surface area contributed by atoms with Crippen LogP contribution in [0.1, 0.15) is 54.9 Å². The van der Waals surface area contributed by atoms with Crippen LogP contribution in [0.25, 0.3) is 0 Å². The zero-order valence-corrected chi connectivity index (χ0v) is 20.5. The molecule has 0 N–H and O–H groups in total. The number of rotatable bonds is 10. The van der Waals surface area contributed by atoms with Crippen LogP contribution in [0.15, 0.2) is 76.3 Å². The number of halogens is 3. The van der Waals surface area contributed by atoms with Gasteiger partial charge in [0.15, 0.2) is 0 Å². The highest BCUT2D eigenvalue weighted by molar-refractivity contribution is 5.99. The number of hydrogen-bond donors (Lipinski definition) is 0. The number of allylic oxidation sites excluding steroid dienone is 9. The van der Waals surface area contributed by atoms with E-state index in [4.69, 9.17) is 5.26 Å². The molecule has 0 rings (SSSR count). The fourth-order valence-corrected chi connectivity index (χ4v) is 2.56. The van der Waals surface area contributed by atoms with Gasteiger partial charge in [-0.3, -0.25) is 4.99 Å². The van der Waals surface area contributed by atoms with E-state index < -0.39 is 17.7 Å². The first-order valence-corrected chi connectivity index (χ1v) is 10.5. The van der Waals surface area contributed by atoms with Crippen molar-refractivity contribution in [2.45, 2.75) is 61.1 Å². The molecule has 0 aliphatic rings. The second-order valence-electron chi connectivity index (χ2n) is 8.37. The fourth-order valence-electron chi connectivity index (χ4n) is 2.56. The van der Waals surface area contributed by atoms with Crippen molar-refractivity contribution in [3.05, 3.63) is 71.3 Å². The molecule has 1 atom stereocenters. The van der Waals surface area contributed by atoms with Crippen LogP contribution in [-0.4, -0.2) is 23.8 Å². The molecule has 0 aliphatic heterocycles. The molecule has 0 saturated carbocycles. The van der Waals surface area contributed by atoms with Crippen molar-refractivity contribution in [1.29, 1.82) is 5.26 Å². The van der Waals surface area contributed by atoms with Crippen molar-refractivity contribution >= 4 is 5.71 Å². The van der Waals surface area contributed by atoms with E-state index in [1.165, 1.54) is 23.6 Å². The second kappa shape index (κ2) is 13.6. The minimum absolute atomic E-state index is 0.280. The highest BCUT2D eigenvalue weighted by atomic mass is 19.4. The molecule has 32 heavy (non-hydrogen) atoms. The van der Waals surface area contributed by atoms with Gasteiger partial charge in [0.1, 0.15) is 0 Å². The van der Waals surface area contributed by atoms with Crippen LogP contribution in [0.4, 0.5) is 13.2 Å². The quantitative estimate of drug-likeness (QED) is 0.252. The molecule has 0 heterocycles. The van der Waals surface area contributed by atoms with Crippen molar-refractivity contribution in [1.82, 2.24) is 4.90 Å². The molecule has 0 aromatic rings. The predicted molar refractivity (Wildman–Crippen MR) is 129 cm³/mol. The minimum atomic E-state index is -4.51. The Hall–Kier alpha value is -2.81. The van der Waals surface area contributed by atoms with Gasteiger partial charge in [0, 0.05) is 30.9 Å². The van der Waals surface area contributed by atoms with Crippen LogP contribution in [-0.2, 0) is 0 Å². The number of alkyl halides is 3. The van der Waals surface area contributed by atoms with Crippen LogP contribution < -0.4 is 0 Å². The monoisotopic (exact) mass is 447 g/mol. The molecular weight excluding hydrogens is 411 g/mol. The summed E-state index contributed by atoms with van der Waals surface area (Å²) in [5.41, 5.74) is 4.36. The maximum absolute atomic E-state index is 13.1. The Morgan fingerprint density at radius 3 is 2.19 bits per heavy atom. The SMILES string of the molecule is C=C(N=C(C)C(C/C(C)=C/C=C/N(C)/C=C\C(=C/C(C)C#N)C(F)(F)F)=C(C)C)C(C)C. The van der Waals surface area contributed by atoms with Gasteiger partial charge in [-0.1, -0.05) is 43.7 Å². The lowest BCUT2D eigenvalue weighted by Crippen LogP contribution is -2.12. The molecule has 0 bridgehead atoms. The highest BCUT2D eigenvalue weighted by Crippen LogP contribution is 2.28. The van der Waals surface area contributed by atoms with Crippen LogP contribution in [0.3, 0.4) is 0 Å². The van der Waals surface area contributed by atoms with Crippen molar-refractivity contribution in [3.8, 4) is 6.07 Å². The topological polar surface area (TPSA) is 39.4 Å². The minimum Gasteiger partial charge on any atom is -0.357 e. The number of hydrogen-bond acceptors (Lipinski definition) is 3. The molecule has 0 amide bonds. The molecule has 0 aromatic heterocycles. The van der Waals surface area contributed by atoms with E-state index in [-0.39, 0.29) is 5.92 Å². The Morgan fingerprint density at radius 2 is 1.72 bits per heavy atom.